The average molecular weight is 406 g/mol. The number of aromatic nitrogens is 2. The van der Waals surface area contributed by atoms with Gasteiger partial charge in [-0.3, -0.25) is 14.7 Å². The van der Waals surface area contributed by atoms with Crippen LogP contribution in [0.1, 0.15) is 45.2 Å². The van der Waals surface area contributed by atoms with Crippen molar-refractivity contribution < 1.29 is 9.00 Å². The quantitative estimate of drug-likeness (QED) is 0.796. The molecule has 2 aromatic heterocycles. The lowest BCUT2D eigenvalue weighted by Gasteiger charge is -2.26. The third kappa shape index (κ3) is 6.30. The molecule has 1 atom stereocenters. The molecule has 0 aliphatic carbocycles. The van der Waals surface area contributed by atoms with Crippen molar-refractivity contribution in [3.05, 3.63) is 41.9 Å². The molecule has 1 aliphatic rings. The number of aryl methyl sites for hydroxylation is 1. The predicted octanol–water partition coefficient (Wildman–Crippen LogP) is 4.20. The fraction of sp³-hybridized carbons (Fsp3) is 0.450. The van der Waals surface area contributed by atoms with Crippen LogP contribution in [0.3, 0.4) is 0 Å². The second-order valence-electron chi connectivity index (χ2n) is 6.03. The van der Waals surface area contributed by atoms with Crippen LogP contribution in [0.5, 0.6) is 0 Å². The lowest BCUT2D eigenvalue weighted by atomic mass is 10.0. The zero-order chi connectivity index (χ0) is 21.3. The van der Waals surface area contributed by atoms with Gasteiger partial charge in [-0.15, -0.1) is 0 Å². The van der Waals surface area contributed by atoms with Crippen LogP contribution in [-0.4, -0.2) is 33.0 Å². The molecule has 1 aliphatic heterocycles. The SMILES string of the molecule is CC.CC.CS(=N)(=O)Cc1cncc(-c2cnc3c(c2)CCCN3C(N)=O)c1. The first kappa shape index (κ1) is 23.6. The van der Waals surface area contributed by atoms with Crippen LogP contribution < -0.4 is 10.6 Å². The number of nitrogens with two attached hydrogens (primary N) is 1. The topological polar surface area (TPSA) is 113 Å². The van der Waals surface area contributed by atoms with Crippen LogP contribution in [0.4, 0.5) is 10.6 Å². The summed E-state index contributed by atoms with van der Waals surface area (Å²) in [4.78, 5) is 21.6. The molecule has 154 valence electrons. The maximum atomic E-state index is 11.7. The number of carbonyl (C=O) groups is 1. The largest absolute Gasteiger partial charge is 0.351 e. The second-order valence-corrected chi connectivity index (χ2v) is 8.33. The van der Waals surface area contributed by atoms with E-state index in [0.29, 0.717) is 12.4 Å². The van der Waals surface area contributed by atoms with Crippen molar-refractivity contribution in [2.75, 3.05) is 17.7 Å². The fourth-order valence-corrected chi connectivity index (χ4v) is 3.67. The molecule has 3 heterocycles. The molecule has 0 aromatic carbocycles. The number of rotatable bonds is 3. The van der Waals surface area contributed by atoms with Gasteiger partial charge in [-0.1, -0.05) is 27.7 Å². The Morgan fingerprint density at radius 1 is 1.18 bits per heavy atom. The molecule has 3 N–H and O–H groups in total. The highest BCUT2D eigenvalue weighted by atomic mass is 32.2. The Morgan fingerprint density at radius 2 is 1.82 bits per heavy atom. The smallest absolute Gasteiger partial charge is 0.320 e. The van der Waals surface area contributed by atoms with Gasteiger partial charge in [0, 0.05) is 52.2 Å². The molecule has 2 amide bonds. The third-order valence-corrected chi connectivity index (χ3v) is 4.75. The number of anilines is 1. The van der Waals surface area contributed by atoms with Gasteiger partial charge in [0.05, 0.1) is 5.75 Å². The Balaban J connectivity index is 0.000000921. The first-order valence-electron chi connectivity index (χ1n) is 9.55. The van der Waals surface area contributed by atoms with Gasteiger partial charge in [-0.2, -0.15) is 0 Å². The van der Waals surface area contributed by atoms with Crippen molar-refractivity contribution >= 4 is 21.6 Å². The van der Waals surface area contributed by atoms with E-state index < -0.39 is 15.8 Å². The maximum Gasteiger partial charge on any atom is 0.320 e. The lowest BCUT2D eigenvalue weighted by Crippen LogP contribution is -2.40. The number of nitrogens with zero attached hydrogens (tertiary/aromatic N) is 3. The Morgan fingerprint density at radius 3 is 2.43 bits per heavy atom. The molecule has 8 heteroatoms. The summed E-state index contributed by atoms with van der Waals surface area (Å²) in [7, 11) is -2.62. The van der Waals surface area contributed by atoms with Crippen LogP contribution in [0.15, 0.2) is 30.7 Å². The standard InChI is InChI=1S/C16H19N5O2S.2C2H6/c1-24(18,23)10-11-5-13(8-19-7-11)14-6-12-3-2-4-21(16(17)22)15(12)20-9-14;2*1-2/h5-9,18H,2-4,10H2,1H3,(H2,17,22);2*1-2H3. The molecule has 1 unspecified atom stereocenters. The minimum atomic E-state index is -2.62. The summed E-state index contributed by atoms with van der Waals surface area (Å²) in [6.07, 6.45) is 8.12. The highest BCUT2D eigenvalue weighted by Gasteiger charge is 2.22. The van der Waals surface area contributed by atoms with E-state index in [-0.39, 0.29) is 5.75 Å². The summed E-state index contributed by atoms with van der Waals surface area (Å²) in [6, 6.07) is 3.37. The van der Waals surface area contributed by atoms with Crippen molar-refractivity contribution in [2.45, 2.75) is 46.3 Å². The molecule has 7 nitrogen and oxygen atoms in total. The summed E-state index contributed by atoms with van der Waals surface area (Å²) in [6.45, 7) is 8.58. The normalized spacial score (nSPS) is 14.4. The molecule has 0 saturated carbocycles. The van der Waals surface area contributed by atoms with Crippen molar-refractivity contribution in [2.24, 2.45) is 5.73 Å². The molecular formula is C20H31N5O2S. The number of nitrogens with one attached hydrogen (secondary N) is 1. The number of hydrogen-bond donors (Lipinski definition) is 2. The zero-order valence-electron chi connectivity index (χ0n) is 17.4. The lowest BCUT2D eigenvalue weighted by molar-refractivity contribution is 0.253. The van der Waals surface area contributed by atoms with E-state index in [4.69, 9.17) is 10.5 Å². The van der Waals surface area contributed by atoms with Crippen molar-refractivity contribution in [1.29, 1.82) is 4.78 Å². The van der Waals surface area contributed by atoms with Gasteiger partial charge in [0.2, 0.25) is 0 Å². The van der Waals surface area contributed by atoms with Gasteiger partial charge in [-0.25, -0.2) is 14.0 Å². The molecule has 0 bridgehead atoms. The van der Waals surface area contributed by atoms with E-state index in [9.17, 15) is 9.00 Å². The minimum absolute atomic E-state index is 0.168. The van der Waals surface area contributed by atoms with E-state index >= 15 is 0 Å². The summed E-state index contributed by atoms with van der Waals surface area (Å²) >= 11 is 0. The van der Waals surface area contributed by atoms with E-state index in [2.05, 4.69) is 9.97 Å². The number of primary amides is 1. The first-order chi connectivity index (χ1) is 13.3. The summed E-state index contributed by atoms with van der Waals surface area (Å²) < 4.78 is 19.2. The molecule has 0 radical (unpaired) electrons. The molecule has 0 saturated heterocycles. The molecule has 2 aromatic rings. The average Bonchev–Trinajstić information content (AvgIpc) is 2.69. The number of hydrogen-bond acceptors (Lipinski definition) is 5. The summed E-state index contributed by atoms with van der Waals surface area (Å²) in [5.41, 5.74) is 8.86. The molecule has 3 rings (SSSR count). The van der Waals surface area contributed by atoms with Gasteiger partial charge in [0.25, 0.3) is 0 Å². The van der Waals surface area contributed by atoms with Crippen LogP contribution in [0.2, 0.25) is 0 Å². The first-order valence-corrected chi connectivity index (χ1v) is 11.7. The Labute approximate surface area is 168 Å². The minimum Gasteiger partial charge on any atom is -0.351 e. The fourth-order valence-electron chi connectivity index (χ4n) is 2.88. The highest BCUT2D eigenvalue weighted by Crippen LogP contribution is 2.29. The molecular weight excluding hydrogens is 374 g/mol. The van der Waals surface area contributed by atoms with Crippen LogP contribution in [0.25, 0.3) is 11.1 Å². The van der Waals surface area contributed by atoms with Gasteiger partial charge in [0.1, 0.15) is 5.82 Å². The number of urea groups is 1. The predicted molar refractivity (Wildman–Crippen MR) is 116 cm³/mol. The maximum absolute atomic E-state index is 11.7. The van der Waals surface area contributed by atoms with E-state index in [1.165, 1.54) is 11.2 Å². The number of pyridine rings is 2. The van der Waals surface area contributed by atoms with Gasteiger partial charge >= 0.3 is 6.03 Å². The van der Waals surface area contributed by atoms with Crippen LogP contribution in [-0.2, 0) is 21.9 Å². The van der Waals surface area contributed by atoms with E-state index in [1.54, 1.807) is 18.6 Å². The highest BCUT2D eigenvalue weighted by molar-refractivity contribution is 7.90. The zero-order valence-corrected chi connectivity index (χ0v) is 18.2. The number of fused-ring (bicyclic) bond motifs is 1. The number of carbonyl (C=O) groups excluding carboxylic acids is 1. The third-order valence-electron chi connectivity index (χ3n) is 3.86. The van der Waals surface area contributed by atoms with E-state index in [1.807, 2.05) is 39.8 Å². The Hall–Kier alpha value is -2.48. The van der Waals surface area contributed by atoms with Crippen molar-refractivity contribution in [3.8, 4) is 11.1 Å². The monoisotopic (exact) mass is 405 g/mol. The van der Waals surface area contributed by atoms with Crippen molar-refractivity contribution in [1.82, 2.24) is 9.97 Å². The van der Waals surface area contributed by atoms with Gasteiger partial charge < -0.3 is 5.73 Å². The Kier molecular flexibility index (Phi) is 9.05. The number of amides is 2. The van der Waals surface area contributed by atoms with Crippen LogP contribution >= 0.6 is 0 Å². The van der Waals surface area contributed by atoms with Crippen molar-refractivity contribution in [3.63, 3.8) is 0 Å². The van der Waals surface area contributed by atoms with E-state index in [0.717, 1.165) is 35.1 Å². The van der Waals surface area contributed by atoms with Crippen LogP contribution in [0, 0.1) is 4.78 Å². The second kappa shape index (κ2) is 10.8. The van der Waals surface area contributed by atoms with Gasteiger partial charge in [0.15, 0.2) is 0 Å². The summed E-state index contributed by atoms with van der Waals surface area (Å²) in [5, 5.41) is 0. The summed E-state index contributed by atoms with van der Waals surface area (Å²) in [5.74, 6) is 0.783. The molecule has 0 spiro atoms. The molecule has 0 fully saturated rings. The van der Waals surface area contributed by atoms with Gasteiger partial charge in [-0.05, 0) is 36.1 Å². The molecule has 28 heavy (non-hydrogen) atoms. The Bertz CT molecular complexity index is 897.